The largest absolute Gasteiger partial charge is 0.331 e. The van der Waals surface area contributed by atoms with Crippen LogP contribution in [0.2, 0.25) is 0 Å². The molecule has 3 heteroatoms. The van der Waals surface area contributed by atoms with Crippen molar-refractivity contribution in [1.82, 2.24) is 9.55 Å². The lowest BCUT2D eigenvalue weighted by Crippen LogP contribution is -2.33. The average molecular weight is 273 g/mol. The molecule has 2 rings (SSSR count). The lowest BCUT2D eigenvalue weighted by Gasteiger charge is -2.22. The van der Waals surface area contributed by atoms with Crippen molar-refractivity contribution in [3.63, 3.8) is 0 Å². The second-order valence-electron chi connectivity index (χ2n) is 5.75. The summed E-state index contributed by atoms with van der Waals surface area (Å²) in [5.74, 6) is 1.71. The minimum absolute atomic E-state index is 0.210. The Labute approximate surface area is 122 Å². The molecule has 2 aromatic rings. The summed E-state index contributed by atoms with van der Waals surface area (Å²) in [6, 6.07) is 8.49. The molecule has 1 aromatic heterocycles. The third-order valence-corrected chi connectivity index (χ3v) is 4.36. The summed E-state index contributed by atoms with van der Waals surface area (Å²) in [5, 5.41) is 0. The molecule has 0 bridgehead atoms. The van der Waals surface area contributed by atoms with E-state index in [1.807, 2.05) is 6.07 Å². The third kappa shape index (κ3) is 3.21. The number of aromatic nitrogens is 2. The maximum Gasteiger partial charge on any atom is 0.111 e. The standard InChI is InChI=1S/C17H27N3/c1-4-6-9-13(5-2)14(18)12-17-19-15-10-7-8-11-16(15)20(17)3/h7-8,10-11,13-14H,4-6,9,12,18H2,1-3H3. The van der Waals surface area contributed by atoms with E-state index in [0.29, 0.717) is 5.92 Å². The highest BCUT2D eigenvalue weighted by Gasteiger charge is 2.18. The van der Waals surface area contributed by atoms with Crippen LogP contribution in [0.3, 0.4) is 0 Å². The first kappa shape index (κ1) is 15.0. The van der Waals surface area contributed by atoms with Crippen molar-refractivity contribution in [3.05, 3.63) is 30.1 Å². The summed E-state index contributed by atoms with van der Waals surface area (Å²) in [7, 11) is 2.09. The number of aryl methyl sites for hydroxylation is 1. The smallest absolute Gasteiger partial charge is 0.111 e. The molecular formula is C17H27N3. The van der Waals surface area contributed by atoms with Gasteiger partial charge in [0.05, 0.1) is 11.0 Å². The molecule has 2 unspecified atom stereocenters. The van der Waals surface area contributed by atoms with Crippen molar-refractivity contribution in [2.24, 2.45) is 18.7 Å². The Morgan fingerprint density at radius 1 is 1.25 bits per heavy atom. The molecule has 3 nitrogen and oxygen atoms in total. The van der Waals surface area contributed by atoms with Gasteiger partial charge in [-0.1, -0.05) is 45.2 Å². The fourth-order valence-corrected chi connectivity index (χ4v) is 2.94. The maximum atomic E-state index is 6.44. The fourth-order valence-electron chi connectivity index (χ4n) is 2.94. The number of imidazole rings is 1. The van der Waals surface area contributed by atoms with Crippen LogP contribution in [0.15, 0.2) is 24.3 Å². The summed E-state index contributed by atoms with van der Waals surface area (Å²) < 4.78 is 2.18. The first-order chi connectivity index (χ1) is 9.67. The van der Waals surface area contributed by atoms with Crippen LogP contribution >= 0.6 is 0 Å². The highest BCUT2D eigenvalue weighted by atomic mass is 15.1. The number of nitrogens with two attached hydrogens (primary N) is 1. The number of hydrogen-bond donors (Lipinski definition) is 1. The predicted molar refractivity (Wildman–Crippen MR) is 85.7 cm³/mol. The highest BCUT2D eigenvalue weighted by Crippen LogP contribution is 2.20. The number of para-hydroxylation sites is 2. The Kier molecular flexibility index (Phi) is 5.18. The number of hydrogen-bond acceptors (Lipinski definition) is 2. The SMILES string of the molecule is CCCCC(CC)C(N)Cc1nc2ccccc2n1C. The third-order valence-electron chi connectivity index (χ3n) is 4.36. The second kappa shape index (κ2) is 6.89. The Morgan fingerprint density at radius 2 is 2.00 bits per heavy atom. The number of fused-ring (bicyclic) bond motifs is 1. The Balaban J connectivity index is 2.12. The monoisotopic (exact) mass is 273 g/mol. The summed E-state index contributed by atoms with van der Waals surface area (Å²) in [4.78, 5) is 4.73. The van der Waals surface area contributed by atoms with Crippen molar-refractivity contribution < 1.29 is 0 Å². The molecule has 1 aromatic carbocycles. The Morgan fingerprint density at radius 3 is 2.65 bits per heavy atom. The number of unbranched alkanes of at least 4 members (excludes halogenated alkanes) is 1. The summed E-state index contributed by atoms with van der Waals surface area (Å²) >= 11 is 0. The van der Waals surface area contributed by atoms with E-state index < -0.39 is 0 Å². The minimum atomic E-state index is 0.210. The molecule has 0 saturated heterocycles. The van der Waals surface area contributed by atoms with Gasteiger partial charge in [0, 0.05) is 19.5 Å². The van der Waals surface area contributed by atoms with E-state index in [1.165, 1.54) is 24.8 Å². The zero-order valence-electron chi connectivity index (χ0n) is 13.0. The van der Waals surface area contributed by atoms with Gasteiger partial charge in [-0.15, -0.1) is 0 Å². The zero-order valence-corrected chi connectivity index (χ0v) is 13.0. The summed E-state index contributed by atoms with van der Waals surface area (Å²) in [5.41, 5.74) is 8.70. The van der Waals surface area contributed by atoms with E-state index in [0.717, 1.165) is 24.2 Å². The fraction of sp³-hybridized carbons (Fsp3) is 0.588. The lowest BCUT2D eigenvalue weighted by molar-refractivity contribution is 0.363. The van der Waals surface area contributed by atoms with E-state index in [9.17, 15) is 0 Å². The molecule has 0 aliphatic heterocycles. The van der Waals surface area contributed by atoms with Crippen LogP contribution in [-0.2, 0) is 13.5 Å². The molecule has 0 spiro atoms. The summed E-state index contributed by atoms with van der Waals surface area (Å²) in [6.45, 7) is 4.48. The van der Waals surface area contributed by atoms with Crippen LogP contribution < -0.4 is 5.73 Å². The molecule has 0 saturated carbocycles. The van der Waals surface area contributed by atoms with Crippen LogP contribution in [0.1, 0.15) is 45.4 Å². The van der Waals surface area contributed by atoms with Gasteiger partial charge >= 0.3 is 0 Å². The van der Waals surface area contributed by atoms with Gasteiger partial charge in [0.2, 0.25) is 0 Å². The van der Waals surface area contributed by atoms with Crippen molar-refractivity contribution in [2.75, 3.05) is 0 Å². The van der Waals surface area contributed by atoms with E-state index in [-0.39, 0.29) is 6.04 Å². The number of nitrogens with zero attached hydrogens (tertiary/aromatic N) is 2. The molecule has 0 fully saturated rings. The minimum Gasteiger partial charge on any atom is -0.331 e. The van der Waals surface area contributed by atoms with E-state index >= 15 is 0 Å². The average Bonchev–Trinajstić information content (AvgIpc) is 2.77. The molecule has 110 valence electrons. The predicted octanol–water partition coefficient (Wildman–Crippen LogP) is 3.66. The van der Waals surface area contributed by atoms with E-state index in [1.54, 1.807) is 0 Å². The summed E-state index contributed by atoms with van der Waals surface area (Å²) in [6.07, 6.45) is 5.78. The van der Waals surface area contributed by atoms with Crippen molar-refractivity contribution in [2.45, 2.75) is 52.0 Å². The first-order valence-corrected chi connectivity index (χ1v) is 7.83. The normalized spacial score (nSPS) is 14.6. The Bertz CT molecular complexity index is 544. The van der Waals surface area contributed by atoms with Gasteiger partial charge in [0.25, 0.3) is 0 Å². The highest BCUT2D eigenvalue weighted by molar-refractivity contribution is 5.75. The second-order valence-corrected chi connectivity index (χ2v) is 5.75. The number of benzene rings is 1. The van der Waals surface area contributed by atoms with E-state index in [4.69, 9.17) is 10.7 Å². The molecule has 2 N–H and O–H groups in total. The van der Waals surface area contributed by atoms with Crippen molar-refractivity contribution >= 4 is 11.0 Å². The van der Waals surface area contributed by atoms with Crippen molar-refractivity contribution in [1.29, 1.82) is 0 Å². The molecule has 20 heavy (non-hydrogen) atoms. The Hall–Kier alpha value is -1.35. The molecule has 0 amide bonds. The van der Waals surface area contributed by atoms with Crippen molar-refractivity contribution in [3.8, 4) is 0 Å². The van der Waals surface area contributed by atoms with Gasteiger partial charge in [-0.2, -0.15) is 0 Å². The van der Waals surface area contributed by atoms with E-state index in [2.05, 4.69) is 43.7 Å². The molecule has 0 aliphatic rings. The maximum absolute atomic E-state index is 6.44. The molecule has 0 radical (unpaired) electrons. The molecule has 0 aliphatic carbocycles. The molecular weight excluding hydrogens is 246 g/mol. The van der Waals surface area contributed by atoms with Crippen LogP contribution in [0.5, 0.6) is 0 Å². The van der Waals surface area contributed by atoms with Crippen LogP contribution in [0.4, 0.5) is 0 Å². The zero-order chi connectivity index (χ0) is 14.5. The van der Waals surface area contributed by atoms with Gasteiger partial charge in [0.1, 0.15) is 5.82 Å². The quantitative estimate of drug-likeness (QED) is 0.836. The lowest BCUT2D eigenvalue weighted by atomic mass is 9.90. The topological polar surface area (TPSA) is 43.8 Å². The van der Waals surface area contributed by atoms with Crippen LogP contribution in [0.25, 0.3) is 11.0 Å². The van der Waals surface area contributed by atoms with Crippen LogP contribution in [0, 0.1) is 5.92 Å². The molecule has 2 atom stereocenters. The van der Waals surface area contributed by atoms with Gasteiger partial charge in [-0.05, 0) is 24.5 Å². The van der Waals surface area contributed by atoms with Gasteiger partial charge in [-0.25, -0.2) is 4.98 Å². The van der Waals surface area contributed by atoms with Crippen LogP contribution in [-0.4, -0.2) is 15.6 Å². The number of rotatable bonds is 7. The van der Waals surface area contributed by atoms with Gasteiger partial charge in [0.15, 0.2) is 0 Å². The van der Waals surface area contributed by atoms with Gasteiger partial charge < -0.3 is 10.3 Å². The molecule has 1 heterocycles. The first-order valence-electron chi connectivity index (χ1n) is 7.83. The van der Waals surface area contributed by atoms with Gasteiger partial charge in [-0.3, -0.25) is 0 Å².